The third-order valence-corrected chi connectivity index (χ3v) is 5.28. The Kier molecular flexibility index (Phi) is 4.62. The van der Waals surface area contributed by atoms with Gasteiger partial charge in [0.15, 0.2) is 0 Å². The normalized spacial score (nSPS) is 32.1. The number of hydrogen-bond donors (Lipinski definition) is 1. The van der Waals surface area contributed by atoms with Crippen LogP contribution in [0.3, 0.4) is 0 Å². The zero-order chi connectivity index (χ0) is 14.1. The summed E-state index contributed by atoms with van der Waals surface area (Å²) in [6.45, 7) is 16.9. The molecule has 0 amide bonds. The van der Waals surface area contributed by atoms with Crippen LogP contribution in [0.2, 0.25) is 0 Å². The molecule has 1 aliphatic heterocycles. The van der Waals surface area contributed by atoms with Gasteiger partial charge >= 0.3 is 0 Å². The lowest BCUT2D eigenvalue weighted by atomic mass is 9.84. The van der Waals surface area contributed by atoms with Crippen molar-refractivity contribution < 1.29 is 0 Å². The smallest absolute Gasteiger partial charge is 0.00967 e. The fourth-order valence-corrected chi connectivity index (χ4v) is 3.82. The molecule has 2 heteroatoms. The van der Waals surface area contributed by atoms with Gasteiger partial charge in [-0.1, -0.05) is 26.7 Å². The van der Waals surface area contributed by atoms with Gasteiger partial charge in [-0.3, -0.25) is 0 Å². The van der Waals surface area contributed by atoms with E-state index in [9.17, 15) is 0 Å². The third-order valence-electron chi connectivity index (χ3n) is 5.28. The van der Waals surface area contributed by atoms with Crippen molar-refractivity contribution in [3.8, 4) is 0 Å². The summed E-state index contributed by atoms with van der Waals surface area (Å²) in [7, 11) is 0. The number of nitrogens with one attached hydrogen (secondary N) is 1. The molecule has 0 bridgehead atoms. The lowest BCUT2D eigenvalue weighted by Gasteiger charge is -2.36. The molecule has 19 heavy (non-hydrogen) atoms. The second-order valence-corrected chi connectivity index (χ2v) is 8.46. The van der Waals surface area contributed by atoms with Gasteiger partial charge in [0.05, 0.1) is 0 Å². The molecule has 112 valence electrons. The zero-order valence-corrected chi connectivity index (χ0v) is 13.8. The Bertz CT molecular complexity index is 276. The second-order valence-electron chi connectivity index (χ2n) is 8.46. The lowest BCUT2D eigenvalue weighted by molar-refractivity contribution is 0.156. The average Bonchev–Trinajstić information content (AvgIpc) is 2.85. The van der Waals surface area contributed by atoms with E-state index in [0.717, 1.165) is 11.8 Å². The minimum Gasteiger partial charge on any atom is -0.311 e. The van der Waals surface area contributed by atoms with E-state index in [1.54, 1.807) is 0 Å². The Hall–Kier alpha value is -0.0800. The van der Waals surface area contributed by atoms with Crippen LogP contribution in [0.25, 0.3) is 0 Å². The van der Waals surface area contributed by atoms with E-state index in [-0.39, 0.29) is 5.54 Å². The molecule has 1 saturated heterocycles. The van der Waals surface area contributed by atoms with Gasteiger partial charge in [-0.15, -0.1) is 0 Å². The lowest BCUT2D eigenvalue weighted by Crippen LogP contribution is -2.47. The predicted molar refractivity (Wildman–Crippen MR) is 83.4 cm³/mol. The number of likely N-dealkylation sites (tertiary alicyclic amines) is 1. The fourth-order valence-electron chi connectivity index (χ4n) is 3.82. The molecule has 2 nitrogen and oxygen atoms in total. The minimum atomic E-state index is 0.251. The molecule has 2 unspecified atom stereocenters. The standard InChI is InChI=1S/C17H34N2/c1-14-10-19(11-15(14)2)13-17(8-6-7-9-17)12-18-16(3,4)5/h14-15,18H,6-13H2,1-5H3. The van der Waals surface area contributed by atoms with Crippen LogP contribution in [0.4, 0.5) is 0 Å². The van der Waals surface area contributed by atoms with Gasteiger partial charge in [0.2, 0.25) is 0 Å². The number of rotatable bonds is 4. The summed E-state index contributed by atoms with van der Waals surface area (Å²) < 4.78 is 0. The molecule has 2 atom stereocenters. The second kappa shape index (κ2) is 5.73. The first-order chi connectivity index (χ1) is 8.80. The van der Waals surface area contributed by atoms with Gasteiger partial charge in [-0.05, 0) is 50.9 Å². The molecule has 2 fully saturated rings. The molecular formula is C17H34N2. The van der Waals surface area contributed by atoms with Crippen LogP contribution in [-0.2, 0) is 0 Å². The van der Waals surface area contributed by atoms with Gasteiger partial charge in [-0.2, -0.15) is 0 Å². The van der Waals surface area contributed by atoms with E-state index < -0.39 is 0 Å². The predicted octanol–water partition coefficient (Wildman–Crippen LogP) is 3.52. The molecule has 0 spiro atoms. The molecule has 0 radical (unpaired) electrons. The summed E-state index contributed by atoms with van der Waals surface area (Å²) in [5.41, 5.74) is 0.804. The van der Waals surface area contributed by atoms with Crippen molar-refractivity contribution in [1.29, 1.82) is 0 Å². The van der Waals surface area contributed by atoms with Crippen molar-refractivity contribution in [2.75, 3.05) is 26.2 Å². The van der Waals surface area contributed by atoms with Crippen LogP contribution in [0.15, 0.2) is 0 Å². The van der Waals surface area contributed by atoms with Gasteiger partial charge < -0.3 is 10.2 Å². The molecule has 1 N–H and O–H groups in total. The summed E-state index contributed by atoms with van der Waals surface area (Å²) in [5.74, 6) is 1.77. The van der Waals surface area contributed by atoms with Crippen LogP contribution >= 0.6 is 0 Å². The zero-order valence-electron chi connectivity index (χ0n) is 13.8. The maximum Gasteiger partial charge on any atom is 0.00967 e. The van der Waals surface area contributed by atoms with Crippen LogP contribution < -0.4 is 5.32 Å². The number of nitrogens with zero attached hydrogens (tertiary/aromatic N) is 1. The monoisotopic (exact) mass is 266 g/mol. The summed E-state index contributed by atoms with van der Waals surface area (Å²) in [6.07, 6.45) is 5.72. The number of hydrogen-bond acceptors (Lipinski definition) is 2. The first kappa shape index (κ1) is 15.3. The fraction of sp³-hybridized carbons (Fsp3) is 1.00. The van der Waals surface area contributed by atoms with Crippen molar-refractivity contribution in [1.82, 2.24) is 10.2 Å². The molecule has 1 saturated carbocycles. The highest BCUT2D eigenvalue weighted by Gasteiger charge is 2.38. The Labute approximate surface area is 120 Å². The Morgan fingerprint density at radius 1 is 1.05 bits per heavy atom. The van der Waals surface area contributed by atoms with E-state index in [1.165, 1.54) is 51.9 Å². The molecule has 0 aromatic carbocycles. The molecule has 2 aliphatic rings. The first-order valence-corrected chi connectivity index (χ1v) is 8.27. The van der Waals surface area contributed by atoms with Crippen LogP contribution in [0.5, 0.6) is 0 Å². The van der Waals surface area contributed by atoms with Crippen LogP contribution in [0.1, 0.15) is 60.3 Å². The molecular weight excluding hydrogens is 232 g/mol. The molecule has 0 aromatic rings. The van der Waals surface area contributed by atoms with Crippen molar-refractivity contribution >= 4 is 0 Å². The van der Waals surface area contributed by atoms with E-state index in [0.29, 0.717) is 5.41 Å². The highest BCUT2D eigenvalue weighted by Crippen LogP contribution is 2.40. The Balaban J connectivity index is 1.92. The summed E-state index contributed by atoms with van der Waals surface area (Å²) in [5, 5.41) is 3.77. The molecule has 0 aromatic heterocycles. The molecule has 1 aliphatic carbocycles. The Morgan fingerprint density at radius 3 is 2.05 bits per heavy atom. The highest BCUT2D eigenvalue weighted by molar-refractivity contribution is 4.93. The molecule has 1 heterocycles. The van der Waals surface area contributed by atoms with Gasteiger partial charge in [0.25, 0.3) is 0 Å². The van der Waals surface area contributed by atoms with Crippen molar-refractivity contribution in [2.45, 2.75) is 65.8 Å². The van der Waals surface area contributed by atoms with E-state index in [2.05, 4.69) is 44.8 Å². The Morgan fingerprint density at radius 2 is 1.58 bits per heavy atom. The van der Waals surface area contributed by atoms with Gasteiger partial charge in [0.1, 0.15) is 0 Å². The van der Waals surface area contributed by atoms with Crippen molar-refractivity contribution in [2.24, 2.45) is 17.3 Å². The summed E-state index contributed by atoms with van der Waals surface area (Å²) in [6, 6.07) is 0. The SMILES string of the molecule is CC1CN(CC2(CNC(C)(C)C)CCCC2)CC1C. The van der Waals surface area contributed by atoms with E-state index >= 15 is 0 Å². The van der Waals surface area contributed by atoms with Gasteiger partial charge in [0, 0.05) is 31.7 Å². The topological polar surface area (TPSA) is 15.3 Å². The van der Waals surface area contributed by atoms with E-state index in [1.807, 2.05) is 0 Å². The van der Waals surface area contributed by atoms with E-state index in [4.69, 9.17) is 0 Å². The van der Waals surface area contributed by atoms with Crippen LogP contribution in [0, 0.1) is 17.3 Å². The summed E-state index contributed by atoms with van der Waals surface area (Å²) in [4.78, 5) is 2.74. The third kappa shape index (κ3) is 4.19. The minimum absolute atomic E-state index is 0.251. The molecule has 2 rings (SSSR count). The maximum absolute atomic E-state index is 3.77. The average molecular weight is 266 g/mol. The maximum atomic E-state index is 3.77. The van der Waals surface area contributed by atoms with Crippen LogP contribution in [-0.4, -0.2) is 36.6 Å². The quantitative estimate of drug-likeness (QED) is 0.837. The summed E-state index contributed by atoms with van der Waals surface area (Å²) >= 11 is 0. The first-order valence-electron chi connectivity index (χ1n) is 8.27. The largest absolute Gasteiger partial charge is 0.311 e. The van der Waals surface area contributed by atoms with Crippen molar-refractivity contribution in [3.63, 3.8) is 0 Å². The van der Waals surface area contributed by atoms with Crippen molar-refractivity contribution in [3.05, 3.63) is 0 Å². The highest BCUT2D eigenvalue weighted by atomic mass is 15.2. The van der Waals surface area contributed by atoms with Gasteiger partial charge in [-0.25, -0.2) is 0 Å².